The Bertz CT molecular complexity index is 513. The molecule has 0 atom stereocenters. The van der Waals surface area contributed by atoms with E-state index >= 15 is 0 Å². The second-order valence-corrected chi connectivity index (χ2v) is 3.13. The van der Waals surface area contributed by atoms with Gasteiger partial charge in [0.15, 0.2) is 0 Å². The van der Waals surface area contributed by atoms with E-state index in [1.807, 2.05) is 0 Å². The maximum atomic E-state index is 10.7. The molecule has 5 heteroatoms. The minimum absolute atomic E-state index is 0.0255. The van der Waals surface area contributed by atoms with Crippen LogP contribution in [0.25, 0.3) is 10.9 Å². The third-order valence-corrected chi connectivity index (χ3v) is 2.20. The molecule has 0 aliphatic rings. The van der Waals surface area contributed by atoms with Crippen LogP contribution in [0.4, 0.5) is 5.69 Å². The standard InChI is InChI=1S/C9H5ClN2O2/c10-7-3-4-8(12(13)14)6-2-1-5-11-9(6)7/h1-5H. The molecule has 0 saturated carbocycles. The highest BCUT2D eigenvalue weighted by atomic mass is 35.5. The van der Waals surface area contributed by atoms with Crippen molar-refractivity contribution in [3.8, 4) is 0 Å². The summed E-state index contributed by atoms with van der Waals surface area (Å²) < 4.78 is 0. The third kappa shape index (κ3) is 1.29. The molecule has 0 aliphatic heterocycles. The van der Waals surface area contributed by atoms with Gasteiger partial charge in [0.2, 0.25) is 0 Å². The maximum Gasteiger partial charge on any atom is 0.278 e. The van der Waals surface area contributed by atoms with Crippen molar-refractivity contribution in [2.24, 2.45) is 0 Å². The number of aromatic nitrogens is 1. The lowest BCUT2D eigenvalue weighted by molar-refractivity contribution is -0.383. The lowest BCUT2D eigenvalue weighted by Gasteiger charge is -1.99. The van der Waals surface area contributed by atoms with E-state index in [9.17, 15) is 10.1 Å². The summed E-state index contributed by atoms with van der Waals surface area (Å²) in [7, 11) is 0. The number of benzene rings is 1. The minimum atomic E-state index is -0.444. The van der Waals surface area contributed by atoms with Gasteiger partial charge in [-0.25, -0.2) is 0 Å². The van der Waals surface area contributed by atoms with Gasteiger partial charge in [-0.2, -0.15) is 0 Å². The summed E-state index contributed by atoms with van der Waals surface area (Å²) in [4.78, 5) is 14.2. The highest BCUT2D eigenvalue weighted by Crippen LogP contribution is 2.28. The molecule has 0 fully saturated rings. The third-order valence-electron chi connectivity index (χ3n) is 1.89. The molecule has 1 aromatic carbocycles. The van der Waals surface area contributed by atoms with E-state index in [1.54, 1.807) is 18.3 Å². The molecule has 0 unspecified atom stereocenters. The average molecular weight is 209 g/mol. The Hall–Kier alpha value is -1.68. The van der Waals surface area contributed by atoms with Crippen molar-refractivity contribution in [2.75, 3.05) is 0 Å². The van der Waals surface area contributed by atoms with E-state index in [-0.39, 0.29) is 5.69 Å². The maximum absolute atomic E-state index is 10.7. The zero-order chi connectivity index (χ0) is 10.1. The molecule has 1 heterocycles. The Morgan fingerprint density at radius 2 is 2.14 bits per heavy atom. The Kier molecular flexibility index (Phi) is 2.05. The zero-order valence-corrected chi connectivity index (χ0v) is 7.73. The van der Waals surface area contributed by atoms with Crippen LogP contribution in [-0.2, 0) is 0 Å². The summed E-state index contributed by atoms with van der Waals surface area (Å²) in [6.07, 6.45) is 1.55. The van der Waals surface area contributed by atoms with Crippen molar-refractivity contribution in [1.82, 2.24) is 4.98 Å². The molecule has 0 saturated heterocycles. The van der Waals surface area contributed by atoms with Gasteiger partial charge in [0.1, 0.15) is 0 Å². The number of nitro benzene ring substituents is 1. The van der Waals surface area contributed by atoms with E-state index in [1.165, 1.54) is 12.1 Å². The largest absolute Gasteiger partial charge is 0.278 e. The molecule has 70 valence electrons. The number of non-ortho nitro benzene ring substituents is 1. The molecule has 0 bridgehead atoms. The number of pyridine rings is 1. The fourth-order valence-corrected chi connectivity index (χ4v) is 1.50. The van der Waals surface area contributed by atoms with E-state index < -0.39 is 4.92 Å². The van der Waals surface area contributed by atoms with Crippen molar-refractivity contribution in [3.63, 3.8) is 0 Å². The molecule has 1 aromatic heterocycles. The Balaban J connectivity index is 2.88. The first kappa shape index (κ1) is 8.90. The molecular weight excluding hydrogens is 204 g/mol. The molecule has 2 aromatic rings. The number of nitro groups is 1. The monoisotopic (exact) mass is 208 g/mol. The topological polar surface area (TPSA) is 56.0 Å². The molecule has 0 amide bonds. The fraction of sp³-hybridized carbons (Fsp3) is 0. The second kappa shape index (κ2) is 3.23. The van der Waals surface area contributed by atoms with Gasteiger partial charge in [0.05, 0.1) is 20.8 Å². The molecule has 4 nitrogen and oxygen atoms in total. The van der Waals surface area contributed by atoms with Gasteiger partial charge in [-0.3, -0.25) is 15.1 Å². The van der Waals surface area contributed by atoms with E-state index in [4.69, 9.17) is 11.6 Å². The van der Waals surface area contributed by atoms with E-state index in [2.05, 4.69) is 4.98 Å². The Morgan fingerprint density at radius 1 is 1.36 bits per heavy atom. The van der Waals surface area contributed by atoms with Crippen LogP contribution in [-0.4, -0.2) is 9.91 Å². The van der Waals surface area contributed by atoms with Crippen molar-refractivity contribution in [2.45, 2.75) is 0 Å². The molecule has 0 N–H and O–H groups in total. The van der Waals surface area contributed by atoms with Crippen LogP contribution in [0, 0.1) is 10.1 Å². The summed E-state index contributed by atoms with van der Waals surface area (Å²) in [5, 5.41) is 11.5. The van der Waals surface area contributed by atoms with Gasteiger partial charge >= 0.3 is 0 Å². The number of fused-ring (bicyclic) bond motifs is 1. The Morgan fingerprint density at radius 3 is 2.86 bits per heavy atom. The van der Waals surface area contributed by atoms with Crippen LogP contribution in [0.3, 0.4) is 0 Å². The van der Waals surface area contributed by atoms with Gasteiger partial charge in [-0.1, -0.05) is 11.6 Å². The summed E-state index contributed by atoms with van der Waals surface area (Å²) >= 11 is 5.85. The van der Waals surface area contributed by atoms with E-state index in [0.717, 1.165) is 0 Å². The molecule has 0 aliphatic carbocycles. The lowest BCUT2D eigenvalue weighted by Crippen LogP contribution is -1.90. The molecular formula is C9H5ClN2O2. The smallest absolute Gasteiger partial charge is 0.258 e. The normalized spacial score (nSPS) is 10.4. The predicted molar refractivity (Wildman–Crippen MR) is 53.4 cm³/mol. The van der Waals surface area contributed by atoms with Crippen LogP contribution in [0.15, 0.2) is 30.5 Å². The molecule has 0 spiro atoms. The summed E-state index contributed by atoms with van der Waals surface area (Å²) in [6.45, 7) is 0. The average Bonchev–Trinajstić information content (AvgIpc) is 2.18. The number of halogens is 1. The molecule has 14 heavy (non-hydrogen) atoms. The van der Waals surface area contributed by atoms with E-state index in [0.29, 0.717) is 15.9 Å². The summed E-state index contributed by atoms with van der Waals surface area (Å²) in [6, 6.07) is 6.14. The fourth-order valence-electron chi connectivity index (χ4n) is 1.28. The predicted octanol–water partition coefficient (Wildman–Crippen LogP) is 2.80. The SMILES string of the molecule is O=[N+]([O-])c1ccc(Cl)c2ncccc12. The van der Waals surface area contributed by atoms with Gasteiger partial charge in [-0.15, -0.1) is 0 Å². The number of hydrogen-bond acceptors (Lipinski definition) is 3. The molecule has 2 rings (SSSR count). The van der Waals surface area contributed by atoms with Crippen molar-refractivity contribution in [1.29, 1.82) is 0 Å². The van der Waals surface area contributed by atoms with Gasteiger partial charge in [0, 0.05) is 12.3 Å². The first-order valence-electron chi connectivity index (χ1n) is 3.88. The van der Waals surface area contributed by atoms with Gasteiger partial charge in [0.25, 0.3) is 5.69 Å². The number of rotatable bonds is 1. The lowest BCUT2D eigenvalue weighted by atomic mass is 10.2. The number of hydrogen-bond donors (Lipinski definition) is 0. The van der Waals surface area contributed by atoms with Crippen molar-refractivity contribution >= 4 is 28.2 Å². The second-order valence-electron chi connectivity index (χ2n) is 2.72. The highest BCUT2D eigenvalue weighted by Gasteiger charge is 2.13. The van der Waals surface area contributed by atoms with Gasteiger partial charge < -0.3 is 0 Å². The summed E-state index contributed by atoms with van der Waals surface area (Å²) in [5.74, 6) is 0. The minimum Gasteiger partial charge on any atom is -0.258 e. The first-order chi connectivity index (χ1) is 6.70. The zero-order valence-electron chi connectivity index (χ0n) is 6.98. The van der Waals surface area contributed by atoms with Crippen LogP contribution < -0.4 is 0 Å². The van der Waals surface area contributed by atoms with Crippen LogP contribution in [0.2, 0.25) is 5.02 Å². The number of nitrogens with zero attached hydrogens (tertiary/aromatic N) is 2. The van der Waals surface area contributed by atoms with Crippen LogP contribution in [0.1, 0.15) is 0 Å². The van der Waals surface area contributed by atoms with Gasteiger partial charge in [-0.05, 0) is 18.2 Å². The Labute approximate surface area is 84.3 Å². The summed E-state index contributed by atoms with van der Waals surface area (Å²) in [5.41, 5.74) is 0.487. The first-order valence-corrected chi connectivity index (χ1v) is 4.25. The molecule has 0 radical (unpaired) electrons. The quantitative estimate of drug-likeness (QED) is 0.535. The van der Waals surface area contributed by atoms with Crippen LogP contribution in [0.5, 0.6) is 0 Å². The van der Waals surface area contributed by atoms with Crippen molar-refractivity contribution in [3.05, 3.63) is 45.6 Å². The highest BCUT2D eigenvalue weighted by molar-refractivity contribution is 6.35. The van der Waals surface area contributed by atoms with Crippen molar-refractivity contribution < 1.29 is 4.92 Å². The van der Waals surface area contributed by atoms with Crippen LogP contribution >= 0.6 is 11.6 Å².